The van der Waals surface area contributed by atoms with E-state index in [9.17, 15) is 10.2 Å². The molecule has 0 aliphatic carbocycles. The molecule has 0 aliphatic rings. The highest BCUT2D eigenvalue weighted by Crippen LogP contribution is 2.25. The summed E-state index contributed by atoms with van der Waals surface area (Å²) >= 11 is 0. The quantitative estimate of drug-likeness (QED) is 0.708. The minimum Gasteiger partial charge on any atom is -0.396 e. The molecule has 0 aliphatic heterocycles. The Morgan fingerprint density at radius 2 is 1.88 bits per heavy atom. The minimum atomic E-state index is -0.613. The molecule has 3 aromatic rings. The van der Waals surface area contributed by atoms with Crippen molar-refractivity contribution in [2.45, 2.75) is 6.92 Å². The maximum atomic E-state index is 9.55. The molecule has 0 spiro atoms. The standard InChI is InChI=1S/C17H21N5O2/c1-17(10-23,11-24)9-21(2)15-8-14(13-6-4-3-5-7-13)20-16-18-12-19-22(15)16/h3-8,12,23-24H,9-11H2,1-2H3. The van der Waals surface area contributed by atoms with Crippen LogP contribution in [0.4, 0.5) is 5.82 Å². The van der Waals surface area contributed by atoms with Gasteiger partial charge in [-0.25, -0.2) is 4.98 Å². The van der Waals surface area contributed by atoms with E-state index in [2.05, 4.69) is 15.1 Å². The molecule has 3 rings (SSSR count). The SMILES string of the molecule is CN(CC(C)(CO)CO)c1cc(-c2ccccc2)nc2ncnn12. The van der Waals surface area contributed by atoms with E-state index < -0.39 is 5.41 Å². The molecule has 1 aromatic carbocycles. The largest absolute Gasteiger partial charge is 0.396 e. The third kappa shape index (κ3) is 3.08. The van der Waals surface area contributed by atoms with Gasteiger partial charge in [0.25, 0.3) is 5.78 Å². The summed E-state index contributed by atoms with van der Waals surface area (Å²) in [5, 5.41) is 23.3. The van der Waals surface area contributed by atoms with E-state index >= 15 is 0 Å². The molecule has 2 aromatic heterocycles. The lowest BCUT2D eigenvalue weighted by molar-refractivity contribution is 0.0761. The van der Waals surface area contributed by atoms with Crippen molar-refractivity contribution in [3.8, 4) is 11.3 Å². The molecule has 0 saturated carbocycles. The van der Waals surface area contributed by atoms with Gasteiger partial charge in [0.05, 0.1) is 18.9 Å². The number of rotatable bonds is 6. The fraction of sp³-hybridized carbons (Fsp3) is 0.353. The lowest BCUT2D eigenvalue weighted by Gasteiger charge is -2.31. The Bertz CT molecular complexity index is 814. The van der Waals surface area contributed by atoms with E-state index in [1.165, 1.54) is 6.33 Å². The van der Waals surface area contributed by atoms with E-state index in [-0.39, 0.29) is 13.2 Å². The Morgan fingerprint density at radius 1 is 1.17 bits per heavy atom. The Morgan fingerprint density at radius 3 is 2.54 bits per heavy atom. The van der Waals surface area contributed by atoms with Crippen molar-refractivity contribution in [2.75, 3.05) is 31.7 Å². The molecule has 0 bridgehead atoms. The second-order valence-electron chi connectivity index (χ2n) is 6.32. The Balaban J connectivity index is 2.05. The van der Waals surface area contributed by atoms with Crippen molar-refractivity contribution in [3.05, 3.63) is 42.7 Å². The van der Waals surface area contributed by atoms with Crippen LogP contribution in [0.1, 0.15) is 6.92 Å². The van der Waals surface area contributed by atoms with Gasteiger partial charge in [0.2, 0.25) is 0 Å². The van der Waals surface area contributed by atoms with Crippen molar-refractivity contribution in [3.63, 3.8) is 0 Å². The van der Waals surface area contributed by atoms with Gasteiger partial charge in [0, 0.05) is 30.6 Å². The molecule has 2 N–H and O–H groups in total. The summed E-state index contributed by atoms with van der Waals surface area (Å²) in [6.45, 7) is 2.09. The van der Waals surface area contributed by atoms with Gasteiger partial charge in [-0.05, 0) is 0 Å². The summed E-state index contributed by atoms with van der Waals surface area (Å²) in [6.07, 6.45) is 1.46. The van der Waals surface area contributed by atoms with Crippen LogP contribution in [0.3, 0.4) is 0 Å². The van der Waals surface area contributed by atoms with Crippen LogP contribution in [0, 0.1) is 5.41 Å². The zero-order valence-electron chi connectivity index (χ0n) is 13.8. The molecule has 0 fully saturated rings. The van der Waals surface area contributed by atoms with Crippen LogP contribution in [-0.4, -0.2) is 56.6 Å². The van der Waals surface area contributed by atoms with Crippen LogP contribution >= 0.6 is 0 Å². The summed E-state index contributed by atoms with van der Waals surface area (Å²) in [4.78, 5) is 10.7. The summed E-state index contributed by atoms with van der Waals surface area (Å²) < 4.78 is 1.65. The first-order chi connectivity index (χ1) is 11.6. The minimum absolute atomic E-state index is 0.106. The summed E-state index contributed by atoms with van der Waals surface area (Å²) in [5.74, 6) is 1.30. The molecule has 0 unspecified atom stereocenters. The second-order valence-corrected chi connectivity index (χ2v) is 6.32. The van der Waals surface area contributed by atoms with Gasteiger partial charge in [-0.3, -0.25) is 0 Å². The zero-order chi connectivity index (χ0) is 17.2. The second kappa shape index (κ2) is 6.54. The maximum absolute atomic E-state index is 9.55. The first kappa shape index (κ1) is 16.4. The van der Waals surface area contributed by atoms with Gasteiger partial charge in [0.1, 0.15) is 12.1 Å². The number of nitrogens with zero attached hydrogens (tertiary/aromatic N) is 5. The summed E-state index contributed by atoms with van der Waals surface area (Å²) in [6, 6.07) is 11.8. The first-order valence-corrected chi connectivity index (χ1v) is 7.75. The first-order valence-electron chi connectivity index (χ1n) is 7.75. The third-order valence-corrected chi connectivity index (χ3v) is 4.08. The molecule has 24 heavy (non-hydrogen) atoms. The van der Waals surface area contributed by atoms with E-state index in [1.807, 2.05) is 55.3 Å². The van der Waals surface area contributed by atoms with Gasteiger partial charge >= 0.3 is 0 Å². The van der Waals surface area contributed by atoms with Crippen molar-refractivity contribution < 1.29 is 10.2 Å². The van der Waals surface area contributed by atoms with E-state index in [0.717, 1.165) is 17.1 Å². The molecule has 126 valence electrons. The van der Waals surface area contributed by atoms with E-state index in [4.69, 9.17) is 0 Å². The fourth-order valence-electron chi connectivity index (χ4n) is 2.63. The number of hydrogen-bond acceptors (Lipinski definition) is 6. The molecular formula is C17H21N5O2. The van der Waals surface area contributed by atoms with Crippen LogP contribution in [0.5, 0.6) is 0 Å². The van der Waals surface area contributed by atoms with Crippen molar-refractivity contribution in [1.82, 2.24) is 19.6 Å². The van der Waals surface area contributed by atoms with Gasteiger partial charge in [-0.1, -0.05) is 37.3 Å². The fourth-order valence-corrected chi connectivity index (χ4v) is 2.63. The predicted octanol–water partition coefficient (Wildman–Crippen LogP) is 1.22. The van der Waals surface area contributed by atoms with Crippen LogP contribution < -0.4 is 4.90 Å². The zero-order valence-corrected chi connectivity index (χ0v) is 13.8. The average Bonchev–Trinajstić information content (AvgIpc) is 3.10. The Hall–Kier alpha value is -2.51. The molecule has 0 radical (unpaired) electrons. The number of fused-ring (bicyclic) bond motifs is 1. The van der Waals surface area contributed by atoms with Crippen molar-refractivity contribution in [1.29, 1.82) is 0 Å². The highest BCUT2D eigenvalue weighted by Gasteiger charge is 2.26. The van der Waals surface area contributed by atoms with Crippen molar-refractivity contribution >= 4 is 11.6 Å². The predicted molar refractivity (Wildman–Crippen MR) is 91.8 cm³/mol. The summed E-state index contributed by atoms with van der Waals surface area (Å²) in [7, 11) is 1.90. The van der Waals surface area contributed by atoms with Gasteiger partial charge in [-0.2, -0.15) is 14.6 Å². The van der Waals surface area contributed by atoms with Crippen LogP contribution in [0.2, 0.25) is 0 Å². The van der Waals surface area contributed by atoms with Crippen LogP contribution in [-0.2, 0) is 0 Å². The molecule has 7 nitrogen and oxygen atoms in total. The molecule has 2 heterocycles. The third-order valence-electron chi connectivity index (χ3n) is 4.08. The highest BCUT2D eigenvalue weighted by molar-refractivity contribution is 5.65. The lowest BCUT2D eigenvalue weighted by atomic mass is 9.92. The topological polar surface area (TPSA) is 86.8 Å². The number of benzene rings is 1. The van der Waals surface area contributed by atoms with Gasteiger partial charge in [-0.15, -0.1) is 0 Å². The van der Waals surface area contributed by atoms with Crippen molar-refractivity contribution in [2.24, 2.45) is 5.41 Å². The Kier molecular flexibility index (Phi) is 4.46. The van der Waals surface area contributed by atoms with E-state index in [1.54, 1.807) is 4.52 Å². The maximum Gasteiger partial charge on any atom is 0.254 e. The normalized spacial score (nSPS) is 11.8. The van der Waals surface area contributed by atoms with Crippen LogP contribution in [0.25, 0.3) is 17.0 Å². The van der Waals surface area contributed by atoms with Crippen LogP contribution in [0.15, 0.2) is 42.7 Å². The number of aliphatic hydroxyl groups excluding tert-OH is 2. The number of anilines is 1. The molecule has 7 heteroatoms. The number of aliphatic hydroxyl groups is 2. The highest BCUT2D eigenvalue weighted by atomic mass is 16.3. The molecule has 0 amide bonds. The molecule has 0 atom stereocenters. The number of aromatic nitrogens is 4. The monoisotopic (exact) mass is 327 g/mol. The number of hydrogen-bond donors (Lipinski definition) is 2. The molecular weight excluding hydrogens is 306 g/mol. The van der Waals surface area contributed by atoms with E-state index in [0.29, 0.717) is 12.3 Å². The lowest BCUT2D eigenvalue weighted by Crippen LogP contribution is -2.39. The smallest absolute Gasteiger partial charge is 0.254 e. The Labute approximate surface area is 140 Å². The molecule has 0 saturated heterocycles. The van der Waals surface area contributed by atoms with Gasteiger partial charge < -0.3 is 15.1 Å². The average molecular weight is 327 g/mol. The van der Waals surface area contributed by atoms with Gasteiger partial charge in [0.15, 0.2) is 0 Å². The summed E-state index contributed by atoms with van der Waals surface area (Å²) in [5.41, 5.74) is 1.18.